The van der Waals surface area contributed by atoms with Gasteiger partial charge in [0.25, 0.3) is 11.8 Å². The standard InChI is InChI=1S/C22H18N6O5S2/c1-33-27-15(14-10-35-22(24)25-14)18(29)26-16-19(30)28-17(21(31)32)13(9-34-20(16)28)7-6-11-4-2-3-5-12(11)8-23/h2-7,10,16,20H,9H2,1H3,(H2,24,25)(H,26,29)(H,31,32)/b7-6+,27-15-/t16?,20-/m1/s1. The van der Waals surface area contributed by atoms with E-state index in [1.807, 2.05) is 0 Å². The molecule has 13 heteroatoms. The Morgan fingerprint density at radius 2 is 2.17 bits per heavy atom. The number of amides is 2. The number of anilines is 1. The lowest BCUT2D eigenvalue weighted by Crippen LogP contribution is -2.71. The summed E-state index contributed by atoms with van der Waals surface area (Å²) in [7, 11) is 1.27. The Hall–Kier alpha value is -4.15. The molecule has 0 saturated carbocycles. The lowest BCUT2D eigenvalue weighted by Gasteiger charge is -2.49. The molecule has 1 aromatic carbocycles. The molecule has 35 heavy (non-hydrogen) atoms. The number of allylic oxidation sites excluding steroid dienone is 1. The van der Waals surface area contributed by atoms with E-state index in [2.05, 4.69) is 21.5 Å². The molecule has 3 heterocycles. The van der Waals surface area contributed by atoms with Crippen molar-refractivity contribution in [1.29, 1.82) is 5.26 Å². The summed E-state index contributed by atoms with van der Waals surface area (Å²) in [6.45, 7) is 0. The van der Waals surface area contributed by atoms with E-state index in [-0.39, 0.29) is 28.0 Å². The van der Waals surface area contributed by atoms with Gasteiger partial charge in [0.15, 0.2) is 10.8 Å². The van der Waals surface area contributed by atoms with Crippen LogP contribution in [0.4, 0.5) is 5.13 Å². The molecule has 2 aliphatic heterocycles. The van der Waals surface area contributed by atoms with Gasteiger partial charge in [-0.25, -0.2) is 9.78 Å². The number of nitrogens with one attached hydrogen (secondary N) is 1. The van der Waals surface area contributed by atoms with Gasteiger partial charge in [-0.15, -0.1) is 23.1 Å². The van der Waals surface area contributed by atoms with Crippen LogP contribution in [0.3, 0.4) is 0 Å². The zero-order valence-electron chi connectivity index (χ0n) is 18.2. The highest BCUT2D eigenvalue weighted by Gasteiger charge is 2.54. The molecule has 1 fully saturated rings. The number of nitrogens with two attached hydrogens (primary N) is 1. The summed E-state index contributed by atoms with van der Waals surface area (Å²) in [6, 6.07) is 8.03. The van der Waals surface area contributed by atoms with Gasteiger partial charge >= 0.3 is 5.97 Å². The smallest absolute Gasteiger partial charge is 0.352 e. The number of carboxylic acid groups (broad SMARTS) is 1. The molecule has 178 valence electrons. The Balaban J connectivity index is 1.55. The van der Waals surface area contributed by atoms with Gasteiger partial charge in [0.2, 0.25) is 0 Å². The van der Waals surface area contributed by atoms with E-state index in [4.69, 9.17) is 10.6 Å². The van der Waals surface area contributed by atoms with Crippen molar-refractivity contribution in [2.45, 2.75) is 11.4 Å². The normalized spacial score (nSPS) is 19.7. The lowest BCUT2D eigenvalue weighted by atomic mass is 10.0. The van der Waals surface area contributed by atoms with Crippen LogP contribution in [0.25, 0.3) is 6.08 Å². The van der Waals surface area contributed by atoms with Crippen molar-refractivity contribution in [3.63, 3.8) is 0 Å². The van der Waals surface area contributed by atoms with Crippen LogP contribution in [0.5, 0.6) is 0 Å². The van der Waals surface area contributed by atoms with Crippen LogP contribution in [-0.2, 0) is 19.2 Å². The monoisotopic (exact) mass is 510 g/mol. The first-order valence-corrected chi connectivity index (χ1v) is 12.0. The predicted octanol–water partition coefficient (Wildman–Crippen LogP) is 1.40. The van der Waals surface area contributed by atoms with Crippen molar-refractivity contribution < 1.29 is 24.3 Å². The zero-order valence-corrected chi connectivity index (χ0v) is 19.8. The Morgan fingerprint density at radius 3 is 2.83 bits per heavy atom. The molecule has 2 aromatic rings. The number of carboxylic acids is 1. The minimum atomic E-state index is -1.26. The number of carbonyl (C=O) groups excluding carboxylic acids is 2. The third-order valence-electron chi connectivity index (χ3n) is 5.19. The van der Waals surface area contributed by atoms with Gasteiger partial charge < -0.3 is 21.0 Å². The predicted molar refractivity (Wildman–Crippen MR) is 130 cm³/mol. The molecule has 0 aliphatic carbocycles. The Bertz CT molecular complexity index is 1340. The highest BCUT2D eigenvalue weighted by atomic mass is 32.2. The largest absolute Gasteiger partial charge is 0.477 e. The number of hydrogen-bond acceptors (Lipinski definition) is 10. The summed E-state index contributed by atoms with van der Waals surface area (Å²) >= 11 is 2.43. The quantitative estimate of drug-likeness (QED) is 0.283. The van der Waals surface area contributed by atoms with Crippen molar-refractivity contribution in [1.82, 2.24) is 15.2 Å². The SMILES string of the molecule is CO/N=C(\C(=O)NC1C(=O)N2C(C(=O)O)=C(/C=C/c3ccccc3C#N)CS[C@H]12)c1csc(N)n1. The summed E-state index contributed by atoms with van der Waals surface area (Å²) in [6.07, 6.45) is 3.24. The average Bonchev–Trinajstić information content (AvgIpc) is 3.29. The maximum Gasteiger partial charge on any atom is 0.352 e. The van der Waals surface area contributed by atoms with Gasteiger partial charge in [-0.3, -0.25) is 14.5 Å². The van der Waals surface area contributed by atoms with Crippen molar-refractivity contribution in [3.05, 3.63) is 63.8 Å². The number of β-lactam (4-membered cyclic amide) rings is 1. The fraction of sp³-hybridized carbons (Fsp3) is 0.182. The Kier molecular flexibility index (Phi) is 6.85. The molecule has 2 aliphatic rings. The minimum absolute atomic E-state index is 0.152. The fourth-order valence-corrected chi connectivity index (χ4v) is 5.47. The third kappa shape index (κ3) is 4.61. The van der Waals surface area contributed by atoms with Crippen LogP contribution in [0.15, 0.2) is 52.1 Å². The fourth-order valence-electron chi connectivity index (χ4n) is 3.61. The maximum absolute atomic E-state index is 12.9. The van der Waals surface area contributed by atoms with E-state index in [1.165, 1.54) is 24.3 Å². The number of benzene rings is 1. The number of carbonyl (C=O) groups is 3. The second kappa shape index (κ2) is 10.00. The van der Waals surface area contributed by atoms with E-state index >= 15 is 0 Å². The molecule has 11 nitrogen and oxygen atoms in total. The van der Waals surface area contributed by atoms with Crippen molar-refractivity contribution >= 4 is 57.8 Å². The second-order valence-electron chi connectivity index (χ2n) is 7.27. The van der Waals surface area contributed by atoms with Gasteiger partial charge in [-0.1, -0.05) is 35.5 Å². The molecule has 2 atom stereocenters. The summed E-state index contributed by atoms with van der Waals surface area (Å²) in [5.41, 5.74) is 7.01. The van der Waals surface area contributed by atoms with E-state index in [1.54, 1.807) is 36.4 Å². The maximum atomic E-state index is 12.9. The number of aromatic nitrogens is 1. The first kappa shape index (κ1) is 24.0. The number of rotatable bonds is 7. The van der Waals surface area contributed by atoms with E-state index < -0.39 is 29.2 Å². The molecular weight excluding hydrogens is 492 g/mol. The van der Waals surface area contributed by atoms with Crippen molar-refractivity contribution in [2.75, 3.05) is 18.6 Å². The van der Waals surface area contributed by atoms with E-state index in [0.29, 0.717) is 16.7 Å². The molecule has 0 bridgehead atoms. The van der Waals surface area contributed by atoms with Crippen LogP contribution >= 0.6 is 23.1 Å². The van der Waals surface area contributed by atoms with Crippen molar-refractivity contribution in [2.24, 2.45) is 5.16 Å². The number of aliphatic carboxylic acids is 1. The number of fused-ring (bicyclic) bond motifs is 1. The van der Waals surface area contributed by atoms with E-state index in [0.717, 1.165) is 16.2 Å². The van der Waals surface area contributed by atoms with Gasteiger partial charge in [0, 0.05) is 11.1 Å². The molecular formula is C22H18N6O5S2. The highest BCUT2D eigenvalue weighted by Crippen LogP contribution is 2.40. The number of thiazole rings is 1. The molecule has 1 saturated heterocycles. The molecule has 0 radical (unpaired) electrons. The Morgan fingerprint density at radius 1 is 1.40 bits per heavy atom. The van der Waals surface area contributed by atoms with Crippen LogP contribution in [-0.4, -0.2) is 62.8 Å². The minimum Gasteiger partial charge on any atom is -0.477 e. The van der Waals surface area contributed by atoms with Gasteiger partial charge in [-0.2, -0.15) is 5.26 Å². The third-order valence-corrected chi connectivity index (χ3v) is 7.17. The molecule has 4 N–H and O–H groups in total. The summed E-state index contributed by atoms with van der Waals surface area (Å²) in [4.78, 5) is 47.7. The summed E-state index contributed by atoms with van der Waals surface area (Å²) in [5.74, 6) is -2.24. The Labute approximate surface area is 207 Å². The topological polar surface area (TPSA) is 171 Å². The summed E-state index contributed by atoms with van der Waals surface area (Å²) < 4.78 is 0. The van der Waals surface area contributed by atoms with Crippen LogP contribution < -0.4 is 11.1 Å². The summed E-state index contributed by atoms with van der Waals surface area (Å²) in [5, 5.41) is 26.5. The second-order valence-corrected chi connectivity index (χ2v) is 9.26. The number of hydrogen-bond donors (Lipinski definition) is 3. The van der Waals surface area contributed by atoms with Crippen LogP contribution in [0, 0.1) is 11.3 Å². The molecule has 4 rings (SSSR count). The first-order valence-electron chi connectivity index (χ1n) is 10.1. The molecule has 1 unspecified atom stereocenters. The number of oxime groups is 1. The van der Waals surface area contributed by atoms with Crippen LogP contribution in [0.1, 0.15) is 16.8 Å². The van der Waals surface area contributed by atoms with Crippen molar-refractivity contribution in [3.8, 4) is 6.07 Å². The molecule has 0 spiro atoms. The van der Waals surface area contributed by atoms with Gasteiger partial charge in [-0.05, 0) is 17.2 Å². The molecule has 2 amide bonds. The highest BCUT2D eigenvalue weighted by molar-refractivity contribution is 8.00. The van der Waals surface area contributed by atoms with Crippen LogP contribution in [0.2, 0.25) is 0 Å². The number of thioether (sulfide) groups is 1. The van der Waals surface area contributed by atoms with Gasteiger partial charge in [0.05, 0.1) is 11.6 Å². The number of nitrogens with zero attached hydrogens (tertiary/aromatic N) is 4. The number of nitriles is 1. The number of nitrogen functional groups attached to an aromatic ring is 1. The average molecular weight is 511 g/mol. The first-order chi connectivity index (χ1) is 16.8. The molecule has 1 aromatic heterocycles. The lowest BCUT2D eigenvalue weighted by molar-refractivity contribution is -0.150. The zero-order chi connectivity index (χ0) is 25.1. The van der Waals surface area contributed by atoms with Gasteiger partial charge in [0.1, 0.15) is 29.9 Å². The van der Waals surface area contributed by atoms with E-state index in [9.17, 15) is 24.8 Å².